The van der Waals surface area contributed by atoms with Gasteiger partial charge in [0, 0.05) is 32.5 Å². The zero-order valence-corrected chi connectivity index (χ0v) is 12.2. The van der Waals surface area contributed by atoms with Gasteiger partial charge < -0.3 is 4.74 Å². The zero-order chi connectivity index (χ0) is 13.8. The van der Waals surface area contributed by atoms with E-state index in [1.165, 1.54) is 16.7 Å². The molecule has 1 heterocycles. The smallest absolute Gasteiger partial charge is 0.135 e. The molecule has 2 rings (SSSR count). The molecule has 0 amide bonds. The van der Waals surface area contributed by atoms with Crippen LogP contribution in [0.3, 0.4) is 0 Å². The Morgan fingerprint density at radius 3 is 2.37 bits per heavy atom. The fraction of sp³-hybridized carbons (Fsp3) is 0.562. The van der Waals surface area contributed by atoms with Crippen LogP contribution in [0.1, 0.15) is 29.5 Å². The Bertz CT molecular complexity index is 458. The third-order valence-electron chi connectivity index (χ3n) is 3.87. The first-order valence-electron chi connectivity index (χ1n) is 7.01. The number of ether oxygens (including phenoxy) is 1. The Kier molecular flexibility index (Phi) is 4.59. The van der Waals surface area contributed by atoms with Crippen LogP contribution in [0.4, 0.5) is 0 Å². The molecular weight excluding hydrogens is 238 g/mol. The summed E-state index contributed by atoms with van der Waals surface area (Å²) in [4.78, 5) is 13.5. The Morgan fingerprint density at radius 1 is 1.05 bits per heavy atom. The highest BCUT2D eigenvalue weighted by atomic mass is 16.5. The molecule has 19 heavy (non-hydrogen) atoms. The maximum absolute atomic E-state index is 11.2. The molecule has 0 unspecified atom stereocenters. The van der Waals surface area contributed by atoms with E-state index in [4.69, 9.17) is 4.74 Å². The highest BCUT2D eigenvalue weighted by Crippen LogP contribution is 2.22. The minimum atomic E-state index is 0.391. The number of benzene rings is 1. The largest absolute Gasteiger partial charge is 0.492 e. The number of likely N-dealkylation sites (tertiary alicyclic amines) is 1. The summed E-state index contributed by atoms with van der Waals surface area (Å²) in [5.74, 6) is 1.37. The first kappa shape index (κ1) is 14.1. The van der Waals surface area contributed by atoms with E-state index in [0.717, 1.165) is 25.4 Å². The second-order valence-electron chi connectivity index (χ2n) is 5.43. The topological polar surface area (TPSA) is 29.5 Å². The lowest BCUT2D eigenvalue weighted by atomic mass is 10.1. The second-order valence-corrected chi connectivity index (χ2v) is 5.43. The molecule has 0 bridgehead atoms. The fourth-order valence-electron chi connectivity index (χ4n) is 2.40. The quantitative estimate of drug-likeness (QED) is 0.834. The van der Waals surface area contributed by atoms with Crippen molar-refractivity contribution < 1.29 is 9.53 Å². The average molecular weight is 261 g/mol. The maximum Gasteiger partial charge on any atom is 0.135 e. The molecule has 1 aliphatic heterocycles. The van der Waals surface area contributed by atoms with Gasteiger partial charge in [0.25, 0.3) is 0 Å². The first-order chi connectivity index (χ1) is 9.06. The van der Waals surface area contributed by atoms with Crippen LogP contribution in [0.2, 0.25) is 0 Å². The van der Waals surface area contributed by atoms with E-state index in [1.807, 2.05) is 0 Å². The number of hydrogen-bond donors (Lipinski definition) is 0. The van der Waals surface area contributed by atoms with Crippen molar-refractivity contribution in [2.45, 2.75) is 33.6 Å². The predicted molar refractivity (Wildman–Crippen MR) is 76.8 cm³/mol. The SMILES string of the molecule is Cc1cc(C)c(OCCN2CCC(=O)CC2)cc1C. The molecule has 0 saturated carbocycles. The summed E-state index contributed by atoms with van der Waals surface area (Å²) in [6.45, 7) is 9.68. The summed E-state index contributed by atoms with van der Waals surface area (Å²) in [7, 11) is 0. The van der Waals surface area contributed by atoms with Crippen LogP contribution in [0.25, 0.3) is 0 Å². The lowest BCUT2D eigenvalue weighted by molar-refractivity contribution is -0.121. The van der Waals surface area contributed by atoms with Gasteiger partial charge in [0.2, 0.25) is 0 Å². The van der Waals surface area contributed by atoms with Crippen LogP contribution >= 0.6 is 0 Å². The molecule has 3 nitrogen and oxygen atoms in total. The van der Waals surface area contributed by atoms with Crippen LogP contribution in [-0.4, -0.2) is 36.9 Å². The number of piperidine rings is 1. The van der Waals surface area contributed by atoms with Crippen LogP contribution in [-0.2, 0) is 4.79 Å². The molecule has 3 heteroatoms. The van der Waals surface area contributed by atoms with Crippen molar-refractivity contribution in [1.29, 1.82) is 0 Å². The van der Waals surface area contributed by atoms with Gasteiger partial charge in [-0.15, -0.1) is 0 Å². The first-order valence-corrected chi connectivity index (χ1v) is 7.01. The molecule has 0 aliphatic carbocycles. The van der Waals surface area contributed by atoms with E-state index >= 15 is 0 Å². The van der Waals surface area contributed by atoms with Crippen molar-refractivity contribution in [2.24, 2.45) is 0 Å². The Hall–Kier alpha value is -1.35. The van der Waals surface area contributed by atoms with Gasteiger partial charge in [-0.25, -0.2) is 0 Å². The molecule has 0 N–H and O–H groups in total. The summed E-state index contributed by atoms with van der Waals surface area (Å²) < 4.78 is 5.88. The summed E-state index contributed by atoms with van der Waals surface area (Å²) in [6.07, 6.45) is 1.39. The maximum atomic E-state index is 11.2. The minimum absolute atomic E-state index is 0.391. The van der Waals surface area contributed by atoms with Gasteiger partial charge >= 0.3 is 0 Å². The summed E-state index contributed by atoms with van der Waals surface area (Å²) in [6, 6.07) is 4.29. The molecular formula is C16H23NO2. The van der Waals surface area contributed by atoms with Crippen molar-refractivity contribution in [3.63, 3.8) is 0 Å². The van der Waals surface area contributed by atoms with E-state index in [9.17, 15) is 4.79 Å². The number of rotatable bonds is 4. The van der Waals surface area contributed by atoms with Gasteiger partial charge in [0.05, 0.1) is 0 Å². The van der Waals surface area contributed by atoms with Crippen LogP contribution < -0.4 is 4.74 Å². The number of ketones is 1. The fourth-order valence-corrected chi connectivity index (χ4v) is 2.40. The van der Waals surface area contributed by atoms with Crippen molar-refractivity contribution in [1.82, 2.24) is 4.90 Å². The van der Waals surface area contributed by atoms with Gasteiger partial charge in [0.15, 0.2) is 0 Å². The standard InChI is InChI=1S/C16H23NO2/c1-12-10-14(3)16(11-13(12)2)19-9-8-17-6-4-15(18)5-7-17/h10-11H,4-9H2,1-3H3. The highest BCUT2D eigenvalue weighted by Gasteiger charge is 2.15. The summed E-state index contributed by atoms with van der Waals surface area (Å²) >= 11 is 0. The normalized spacial score (nSPS) is 16.7. The summed E-state index contributed by atoms with van der Waals surface area (Å²) in [5, 5.41) is 0. The number of hydrogen-bond acceptors (Lipinski definition) is 3. The molecule has 1 fully saturated rings. The van der Waals surface area contributed by atoms with Gasteiger partial charge in [0.1, 0.15) is 18.1 Å². The number of Topliss-reactive ketones (excluding diaryl/α,β-unsaturated/α-hetero) is 1. The van der Waals surface area contributed by atoms with Crippen molar-refractivity contribution in [3.05, 3.63) is 28.8 Å². The van der Waals surface area contributed by atoms with E-state index in [-0.39, 0.29) is 0 Å². The van der Waals surface area contributed by atoms with E-state index in [0.29, 0.717) is 25.2 Å². The lowest BCUT2D eigenvalue weighted by Crippen LogP contribution is -2.36. The molecule has 0 spiro atoms. The second kappa shape index (κ2) is 6.20. The Balaban J connectivity index is 1.82. The molecule has 1 aliphatic rings. The molecule has 1 aromatic carbocycles. The zero-order valence-electron chi connectivity index (χ0n) is 12.2. The van der Waals surface area contributed by atoms with Crippen molar-refractivity contribution in [3.8, 4) is 5.75 Å². The van der Waals surface area contributed by atoms with Crippen LogP contribution in [0.15, 0.2) is 12.1 Å². The third kappa shape index (κ3) is 3.80. The van der Waals surface area contributed by atoms with Crippen LogP contribution in [0.5, 0.6) is 5.75 Å². The summed E-state index contributed by atoms with van der Waals surface area (Å²) in [5.41, 5.74) is 3.76. The minimum Gasteiger partial charge on any atom is -0.492 e. The van der Waals surface area contributed by atoms with Crippen molar-refractivity contribution in [2.75, 3.05) is 26.2 Å². The highest BCUT2D eigenvalue weighted by molar-refractivity contribution is 5.79. The van der Waals surface area contributed by atoms with Crippen LogP contribution in [0, 0.1) is 20.8 Å². The number of aryl methyl sites for hydroxylation is 3. The molecule has 0 aromatic heterocycles. The Morgan fingerprint density at radius 2 is 1.68 bits per heavy atom. The van der Waals surface area contributed by atoms with E-state index < -0.39 is 0 Å². The predicted octanol–water partition coefficient (Wildman–Crippen LogP) is 2.66. The Labute approximate surface area is 115 Å². The molecule has 0 atom stereocenters. The lowest BCUT2D eigenvalue weighted by Gasteiger charge is -2.25. The average Bonchev–Trinajstić information content (AvgIpc) is 2.38. The molecule has 1 saturated heterocycles. The van der Waals surface area contributed by atoms with Gasteiger partial charge in [-0.1, -0.05) is 6.07 Å². The van der Waals surface area contributed by atoms with Gasteiger partial charge in [-0.3, -0.25) is 9.69 Å². The van der Waals surface area contributed by atoms with E-state index in [2.05, 4.69) is 37.8 Å². The molecule has 104 valence electrons. The van der Waals surface area contributed by atoms with Gasteiger partial charge in [-0.2, -0.15) is 0 Å². The number of carbonyl (C=O) groups excluding carboxylic acids is 1. The number of nitrogens with zero attached hydrogens (tertiary/aromatic N) is 1. The molecule has 0 radical (unpaired) electrons. The van der Waals surface area contributed by atoms with E-state index in [1.54, 1.807) is 0 Å². The monoisotopic (exact) mass is 261 g/mol. The number of carbonyl (C=O) groups is 1. The molecule has 1 aromatic rings. The van der Waals surface area contributed by atoms with Crippen molar-refractivity contribution >= 4 is 5.78 Å². The third-order valence-corrected chi connectivity index (χ3v) is 3.87. The van der Waals surface area contributed by atoms with Gasteiger partial charge in [-0.05, 0) is 43.5 Å².